The van der Waals surface area contributed by atoms with Crippen molar-refractivity contribution in [3.8, 4) is 5.69 Å². The number of hydrogen-bond acceptors (Lipinski definition) is 5. The number of carbonyl (C=O) groups excluding carboxylic acids is 3. The molecule has 9 nitrogen and oxygen atoms in total. The minimum absolute atomic E-state index is 0.120. The number of primary amides is 1. The fraction of sp³-hybridized carbons (Fsp3) is 0.333. The predicted octanol–water partition coefficient (Wildman–Crippen LogP) is 1.68. The van der Waals surface area contributed by atoms with Crippen molar-refractivity contribution in [3.63, 3.8) is 0 Å². The summed E-state index contributed by atoms with van der Waals surface area (Å²) in [7, 11) is 0. The molecule has 0 saturated heterocycles. The zero-order chi connectivity index (χ0) is 20.0. The van der Waals surface area contributed by atoms with E-state index in [1.54, 1.807) is 37.4 Å². The van der Waals surface area contributed by atoms with Crippen molar-refractivity contribution in [2.24, 2.45) is 11.7 Å². The smallest absolute Gasteiger partial charge is 0.407 e. The Bertz CT molecular complexity index is 813. The van der Waals surface area contributed by atoms with Gasteiger partial charge in [0.05, 0.1) is 12.3 Å². The Morgan fingerprint density at radius 3 is 2.37 bits per heavy atom. The van der Waals surface area contributed by atoms with Crippen LogP contribution >= 0.6 is 0 Å². The van der Waals surface area contributed by atoms with Gasteiger partial charge in [0.25, 0.3) is 5.91 Å². The highest BCUT2D eigenvalue weighted by atomic mass is 16.5. The van der Waals surface area contributed by atoms with Gasteiger partial charge >= 0.3 is 6.09 Å². The lowest BCUT2D eigenvalue weighted by Crippen LogP contribution is -2.47. The second-order valence-electron chi connectivity index (χ2n) is 6.13. The van der Waals surface area contributed by atoms with Crippen LogP contribution in [0.3, 0.4) is 0 Å². The number of nitrogens with one attached hydrogen (secondary N) is 2. The molecule has 1 aromatic heterocycles. The number of carbonyl (C=O) groups is 3. The lowest BCUT2D eigenvalue weighted by Gasteiger charge is -2.21. The molecule has 1 heterocycles. The molecule has 0 aliphatic heterocycles. The number of hydrogen-bond donors (Lipinski definition) is 3. The van der Waals surface area contributed by atoms with E-state index >= 15 is 0 Å². The van der Waals surface area contributed by atoms with Gasteiger partial charge in [-0.25, -0.2) is 9.48 Å². The van der Waals surface area contributed by atoms with Crippen molar-refractivity contribution >= 4 is 23.6 Å². The van der Waals surface area contributed by atoms with Crippen molar-refractivity contribution in [2.75, 3.05) is 11.9 Å². The molecule has 0 radical (unpaired) electrons. The van der Waals surface area contributed by atoms with E-state index in [0.29, 0.717) is 11.4 Å². The zero-order valence-corrected chi connectivity index (χ0v) is 15.4. The van der Waals surface area contributed by atoms with Crippen LogP contribution in [0.4, 0.5) is 10.5 Å². The van der Waals surface area contributed by atoms with E-state index in [2.05, 4.69) is 15.7 Å². The Morgan fingerprint density at radius 2 is 1.85 bits per heavy atom. The number of aromatic nitrogens is 2. The third kappa shape index (κ3) is 5.30. The van der Waals surface area contributed by atoms with Gasteiger partial charge in [0.2, 0.25) is 5.91 Å². The van der Waals surface area contributed by atoms with Gasteiger partial charge in [0.15, 0.2) is 0 Å². The monoisotopic (exact) mass is 373 g/mol. The average molecular weight is 373 g/mol. The first-order valence-corrected chi connectivity index (χ1v) is 8.52. The summed E-state index contributed by atoms with van der Waals surface area (Å²) in [6, 6.07) is 7.65. The van der Waals surface area contributed by atoms with Gasteiger partial charge in [-0.05, 0) is 43.2 Å². The first-order chi connectivity index (χ1) is 12.8. The first kappa shape index (κ1) is 20.0. The summed E-state index contributed by atoms with van der Waals surface area (Å²) in [6.45, 7) is 5.57. The highest BCUT2D eigenvalue weighted by Gasteiger charge is 2.24. The van der Waals surface area contributed by atoms with Gasteiger partial charge in [-0.3, -0.25) is 9.59 Å². The largest absolute Gasteiger partial charge is 0.450 e. The molecule has 4 N–H and O–H groups in total. The third-order valence-corrected chi connectivity index (χ3v) is 3.74. The molecule has 144 valence electrons. The summed E-state index contributed by atoms with van der Waals surface area (Å²) in [6.07, 6.45) is 0.983. The Labute approximate surface area is 156 Å². The Morgan fingerprint density at radius 1 is 1.19 bits per heavy atom. The number of nitrogens with two attached hydrogens (primary N) is 1. The van der Waals surface area contributed by atoms with Crippen LogP contribution in [0.2, 0.25) is 0 Å². The predicted molar refractivity (Wildman–Crippen MR) is 99.5 cm³/mol. The fourth-order valence-corrected chi connectivity index (χ4v) is 2.35. The molecule has 9 heteroatoms. The maximum Gasteiger partial charge on any atom is 0.407 e. The van der Waals surface area contributed by atoms with Crippen LogP contribution in [-0.4, -0.2) is 40.3 Å². The minimum atomic E-state index is -0.729. The summed E-state index contributed by atoms with van der Waals surface area (Å²) in [5, 5.41) is 9.38. The number of rotatable bonds is 7. The second kappa shape index (κ2) is 8.84. The van der Waals surface area contributed by atoms with Crippen LogP contribution in [0, 0.1) is 5.92 Å². The molecule has 0 aliphatic rings. The van der Waals surface area contributed by atoms with Crippen molar-refractivity contribution in [2.45, 2.75) is 26.8 Å². The van der Waals surface area contributed by atoms with Crippen LogP contribution in [0.1, 0.15) is 31.3 Å². The molecule has 0 spiro atoms. The topological polar surface area (TPSA) is 128 Å². The average Bonchev–Trinajstić information content (AvgIpc) is 3.10. The first-order valence-electron chi connectivity index (χ1n) is 8.52. The van der Waals surface area contributed by atoms with Crippen LogP contribution < -0.4 is 16.4 Å². The van der Waals surface area contributed by atoms with Gasteiger partial charge in [-0.1, -0.05) is 13.8 Å². The van der Waals surface area contributed by atoms with Gasteiger partial charge in [-0.15, -0.1) is 0 Å². The van der Waals surface area contributed by atoms with E-state index < -0.39 is 18.0 Å². The molecule has 0 fully saturated rings. The van der Waals surface area contributed by atoms with Gasteiger partial charge in [0, 0.05) is 11.9 Å². The molecule has 0 aliphatic carbocycles. The molecule has 1 atom stereocenters. The molecule has 1 unspecified atom stereocenters. The second-order valence-corrected chi connectivity index (χ2v) is 6.13. The van der Waals surface area contributed by atoms with Gasteiger partial charge < -0.3 is 21.1 Å². The Hall–Kier alpha value is -3.36. The van der Waals surface area contributed by atoms with E-state index in [0.717, 1.165) is 0 Å². The minimum Gasteiger partial charge on any atom is -0.450 e. The summed E-state index contributed by atoms with van der Waals surface area (Å²) < 4.78 is 6.34. The van der Waals surface area contributed by atoms with Gasteiger partial charge in [-0.2, -0.15) is 5.10 Å². The van der Waals surface area contributed by atoms with E-state index in [9.17, 15) is 14.4 Å². The fourth-order valence-electron chi connectivity index (χ4n) is 2.35. The Balaban J connectivity index is 2.06. The molecule has 0 bridgehead atoms. The quantitative estimate of drug-likeness (QED) is 0.680. The summed E-state index contributed by atoms with van der Waals surface area (Å²) in [4.78, 5) is 35.2. The van der Waals surface area contributed by atoms with Crippen LogP contribution in [0.25, 0.3) is 5.69 Å². The lowest BCUT2D eigenvalue weighted by atomic mass is 10.0. The van der Waals surface area contributed by atoms with Crippen molar-refractivity contribution in [1.29, 1.82) is 0 Å². The summed E-state index contributed by atoms with van der Waals surface area (Å²) >= 11 is 0. The van der Waals surface area contributed by atoms with Gasteiger partial charge in [0.1, 0.15) is 11.7 Å². The maximum absolute atomic E-state index is 12.5. The van der Waals surface area contributed by atoms with Crippen LogP contribution in [0.5, 0.6) is 0 Å². The summed E-state index contributed by atoms with van der Waals surface area (Å²) in [5.74, 6) is -1.07. The molecular formula is C18H23N5O4. The number of ether oxygens (including phenoxy) is 1. The molecule has 3 amide bonds. The maximum atomic E-state index is 12.5. The number of benzene rings is 1. The van der Waals surface area contributed by atoms with Crippen molar-refractivity contribution < 1.29 is 19.1 Å². The number of amides is 3. The van der Waals surface area contributed by atoms with E-state index in [4.69, 9.17) is 10.5 Å². The highest BCUT2D eigenvalue weighted by molar-refractivity contribution is 5.96. The molecule has 2 rings (SSSR count). The zero-order valence-electron chi connectivity index (χ0n) is 15.4. The number of anilines is 1. The van der Waals surface area contributed by atoms with Crippen molar-refractivity contribution in [3.05, 3.63) is 42.2 Å². The standard InChI is InChI=1S/C18H23N5O4/c1-4-27-18(26)21-15(11(2)3)17(25)20-12-5-7-13(8-6-12)23-10-9-14(22-23)16(19)24/h5-11,15H,4H2,1-3H3,(H2,19,24)(H,20,25)(H,21,26). The lowest BCUT2D eigenvalue weighted by molar-refractivity contribution is -0.119. The van der Waals surface area contributed by atoms with E-state index in [1.807, 2.05) is 13.8 Å². The molecular weight excluding hydrogens is 350 g/mol. The summed E-state index contributed by atoms with van der Waals surface area (Å²) in [5.41, 5.74) is 6.61. The highest BCUT2D eigenvalue weighted by Crippen LogP contribution is 2.14. The molecule has 0 saturated carbocycles. The van der Waals surface area contributed by atoms with E-state index in [1.165, 1.54) is 10.7 Å². The van der Waals surface area contributed by atoms with Crippen molar-refractivity contribution in [1.82, 2.24) is 15.1 Å². The van der Waals surface area contributed by atoms with Crippen LogP contribution in [-0.2, 0) is 9.53 Å². The molecule has 2 aromatic rings. The molecule has 1 aromatic carbocycles. The number of alkyl carbamates (subject to hydrolysis) is 1. The number of nitrogens with zero attached hydrogens (tertiary/aromatic N) is 2. The van der Waals surface area contributed by atoms with Crippen LogP contribution in [0.15, 0.2) is 36.5 Å². The molecule has 27 heavy (non-hydrogen) atoms. The normalized spacial score (nSPS) is 11.7. The Kier molecular flexibility index (Phi) is 6.53. The van der Waals surface area contributed by atoms with E-state index in [-0.39, 0.29) is 24.1 Å². The third-order valence-electron chi connectivity index (χ3n) is 3.74. The SMILES string of the molecule is CCOC(=O)NC(C(=O)Nc1ccc(-n2ccc(C(N)=O)n2)cc1)C(C)C.